The predicted molar refractivity (Wildman–Crippen MR) is 64.5 cm³/mol. The summed E-state index contributed by atoms with van der Waals surface area (Å²) < 4.78 is 1.81. The lowest BCUT2D eigenvalue weighted by atomic mass is 10.4. The van der Waals surface area contributed by atoms with Crippen LogP contribution < -0.4 is 5.73 Å². The number of nitrogens with two attached hydrogens (primary N) is 1. The molecular weight excluding hydrogens is 236 g/mol. The zero-order valence-electron chi connectivity index (χ0n) is 9.11. The lowest BCUT2D eigenvalue weighted by Gasteiger charge is -1.97. The van der Waals surface area contributed by atoms with Gasteiger partial charge >= 0.3 is 0 Å². The van der Waals surface area contributed by atoms with E-state index in [1.54, 1.807) is 23.0 Å². The maximum Gasteiger partial charge on any atom is 0.189 e. The summed E-state index contributed by atoms with van der Waals surface area (Å²) in [6, 6.07) is 1.74. The highest BCUT2D eigenvalue weighted by atomic mass is 32.1. The molecule has 0 aliphatic rings. The Bertz CT molecular complexity index is 655. The first-order valence-electron chi connectivity index (χ1n) is 5.12. The number of thiazole rings is 1. The first kappa shape index (κ1) is 10.3. The van der Waals surface area contributed by atoms with E-state index in [0.29, 0.717) is 5.82 Å². The Hall–Kier alpha value is -1.86. The zero-order valence-corrected chi connectivity index (χ0v) is 9.92. The van der Waals surface area contributed by atoms with Gasteiger partial charge in [-0.3, -0.25) is 4.40 Å². The van der Waals surface area contributed by atoms with Gasteiger partial charge in [0, 0.05) is 17.6 Å². The van der Waals surface area contributed by atoms with Gasteiger partial charge in [0.2, 0.25) is 0 Å². The van der Waals surface area contributed by atoms with E-state index < -0.39 is 0 Å². The molecule has 0 aliphatic carbocycles. The van der Waals surface area contributed by atoms with Gasteiger partial charge in [0.1, 0.15) is 17.0 Å². The Morgan fingerprint density at radius 3 is 3.06 bits per heavy atom. The first-order chi connectivity index (χ1) is 8.25. The molecule has 3 aromatic heterocycles. The lowest BCUT2D eigenvalue weighted by Crippen LogP contribution is -2.04. The quantitative estimate of drug-likeness (QED) is 0.736. The molecule has 7 heteroatoms. The van der Waals surface area contributed by atoms with E-state index in [9.17, 15) is 0 Å². The molecule has 0 amide bonds. The molecule has 3 rings (SSSR count). The van der Waals surface area contributed by atoms with Crippen molar-refractivity contribution in [2.45, 2.75) is 13.0 Å². The Kier molecular flexibility index (Phi) is 2.34. The van der Waals surface area contributed by atoms with Crippen LogP contribution in [-0.2, 0) is 0 Å². The minimum absolute atomic E-state index is 0.0638. The van der Waals surface area contributed by atoms with E-state index in [1.807, 2.05) is 12.3 Å². The van der Waals surface area contributed by atoms with Crippen molar-refractivity contribution in [3.63, 3.8) is 0 Å². The highest BCUT2D eigenvalue weighted by Gasteiger charge is 2.13. The third-order valence-corrected chi connectivity index (χ3v) is 3.40. The van der Waals surface area contributed by atoms with E-state index in [4.69, 9.17) is 5.73 Å². The van der Waals surface area contributed by atoms with E-state index in [-0.39, 0.29) is 6.04 Å². The van der Waals surface area contributed by atoms with Gasteiger partial charge in [-0.05, 0) is 6.92 Å². The van der Waals surface area contributed by atoms with Crippen molar-refractivity contribution >= 4 is 17.0 Å². The number of aromatic nitrogens is 5. The molecule has 86 valence electrons. The fraction of sp³-hybridized carbons (Fsp3) is 0.200. The predicted octanol–water partition coefficient (Wildman–Crippen LogP) is 1.27. The molecule has 3 heterocycles. The van der Waals surface area contributed by atoms with Crippen LogP contribution in [-0.4, -0.2) is 24.6 Å². The van der Waals surface area contributed by atoms with Gasteiger partial charge in [0.25, 0.3) is 0 Å². The molecule has 0 aromatic carbocycles. The molecule has 0 saturated carbocycles. The van der Waals surface area contributed by atoms with Gasteiger partial charge in [-0.1, -0.05) is 0 Å². The zero-order chi connectivity index (χ0) is 11.8. The van der Waals surface area contributed by atoms with Crippen molar-refractivity contribution < 1.29 is 0 Å². The minimum atomic E-state index is -0.0638. The van der Waals surface area contributed by atoms with Crippen LogP contribution in [0.25, 0.3) is 17.2 Å². The van der Waals surface area contributed by atoms with E-state index in [2.05, 4.69) is 20.2 Å². The Labute approximate surface area is 101 Å². The third kappa shape index (κ3) is 1.69. The second-order valence-electron chi connectivity index (χ2n) is 3.69. The molecule has 2 N–H and O–H groups in total. The number of fused-ring (bicyclic) bond motifs is 1. The average Bonchev–Trinajstić information content (AvgIpc) is 2.95. The van der Waals surface area contributed by atoms with E-state index >= 15 is 0 Å². The van der Waals surface area contributed by atoms with Crippen LogP contribution in [0, 0.1) is 0 Å². The summed E-state index contributed by atoms with van der Waals surface area (Å²) in [7, 11) is 0. The second-order valence-corrected chi connectivity index (χ2v) is 4.58. The molecule has 6 nitrogen and oxygen atoms in total. The van der Waals surface area contributed by atoms with Gasteiger partial charge in [-0.2, -0.15) is 0 Å². The summed E-state index contributed by atoms with van der Waals surface area (Å²) >= 11 is 1.53. The molecule has 0 bridgehead atoms. The van der Waals surface area contributed by atoms with Crippen molar-refractivity contribution in [3.8, 4) is 11.5 Å². The molecular formula is C10H10N6S. The summed E-state index contributed by atoms with van der Waals surface area (Å²) in [5.74, 6) is 0.691. The second kappa shape index (κ2) is 3.86. The van der Waals surface area contributed by atoms with E-state index in [1.165, 1.54) is 11.3 Å². The third-order valence-electron chi connectivity index (χ3n) is 2.35. The Morgan fingerprint density at radius 1 is 1.41 bits per heavy atom. The summed E-state index contributed by atoms with van der Waals surface area (Å²) in [6.07, 6.45) is 3.36. The molecule has 0 fully saturated rings. The summed E-state index contributed by atoms with van der Waals surface area (Å²) in [5.41, 5.74) is 7.32. The van der Waals surface area contributed by atoms with Crippen molar-refractivity contribution in [1.82, 2.24) is 24.6 Å². The minimum Gasteiger partial charge on any atom is -0.322 e. The maximum atomic E-state index is 5.79. The Balaban J connectivity index is 2.14. The van der Waals surface area contributed by atoms with Crippen LogP contribution in [0.3, 0.4) is 0 Å². The SMILES string of the molecule is CC(N)c1nc(-c2nnc3ccncn23)cs1. The largest absolute Gasteiger partial charge is 0.322 e. The summed E-state index contributed by atoms with van der Waals surface area (Å²) in [5, 5.41) is 11.0. The number of hydrogen-bond acceptors (Lipinski definition) is 6. The van der Waals surface area contributed by atoms with Gasteiger partial charge in [-0.15, -0.1) is 21.5 Å². The Morgan fingerprint density at radius 2 is 2.29 bits per heavy atom. The fourth-order valence-corrected chi connectivity index (χ4v) is 2.28. The monoisotopic (exact) mass is 246 g/mol. The van der Waals surface area contributed by atoms with Crippen LogP contribution in [0.4, 0.5) is 0 Å². The van der Waals surface area contributed by atoms with E-state index in [0.717, 1.165) is 16.3 Å². The first-order valence-corrected chi connectivity index (χ1v) is 6.00. The average molecular weight is 246 g/mol. The van der Waals surface area contributed by atoms with Gasteiger partial charge in [0.05, 0.1) is 6.04 Å². The standard InChI is InChI=1S/C10H10N6S/c1-6(11)10-13-7(4-17-10)9-15-14-8-2-3-12-5-16(8)9/h2-6H,11H2,1H3. The summed E-state index contributed by atoms with van der Waals surface area (Å²) in [6.45, 7) is 1.91. The van der Waals surface area contributed by atoms with Crippen LogP contribution in [0.1, 0.15) is 18.0 Å². The van der Waals surface area contributed by atoms with Crippen molar-refractivity contribution in [2.75, 3.05) is 0 Å². The van der Waals surface area contributed by atoms with Crippen LogP contribution in [0.5, 0.6) is 0 Å². The topological polar surface area (TPSA) is 82.0 Å². The molecule has 0 radical (unpaired) electrons. The van der Waals surface area contributed by atoms with Gasteiger partial charge in [0.15, 0.2) is 11.5 Å². The maximum absolute atomic E-state index is 5.79. The fourth-order valence-electron chi connectivity index (χ4n) is 1.52. The van der Waals surface area contributed by atoms with Gasteiger partial charge in [-0.25, -0.2) is 9.97 Å². The molecule has 1 unspecified atom stereocenters. The molecule has 0 aliphatic heterocycles. The molecule has 0 spiro atoms. The van der Waals surface area contributed by atoms with Crippen molar-refractivity contribution in [3.05, 3.63) is 29.0 Å². The normalized spacial score (nSPS) is 13.1. The number of nitrogens with zero attached hydrogens (tertiary/aromatic N) is 5. The van der Waals surface area contributed by atoms with Crippen LogP contribution in [0.2, 0.25) is 0 Å². The van der Waals surface area contributed by atoms with Gasteiger partial charge < -0.3 is 5.73 Å². The highest BCUT2D eigenvalue weighted by Crippen LogP contribution is 2.23. The smallest absolute Gasteiger partial charge is 0.189 e. The summed E-state index contributed by atoms with van der Waals surface area (Å²) in [4.78, 5) is 8.49. The van der Waals surface area contributed by atoms with Crippen LogP contribution >= 0.6 is 11.3 Å². The highest BCUT2D eigenvalue weighted by molar-refractivity contribution is 7.10. The molecule has 3 aromatic rings. The molecule has 17 heavy (non-hydrogen) atoms. The lowest BCUT2D eigenvalue weighted by molar-refractivity contribution is 0.807. The molecule has 1 atom stereocenters. The van der Waals surface area contributed by atoms with Crippen LogP contribution in [0.15, 0.2) is 24.0 Å². The van der Waals surface area contributed by atoms with Crippen molar-refractivity contribution in [2.24, 2.45) is 5.73 Å². The molecule has 0 saturated heterocycles. The number of rotatable bonds is 2. The van der Waals surface area contributed by atoms with Crippen molar-refractivity contribution in [1.29, 1.82) is 0 Å². The number of hydrogen-bond donors (Lipinski definition) is 1.